The van der Waals surface area contributed by atoms with Crippen molar-refractivity contribution in [3.63, 3.8) is 0 Å². The number of Topliss-reactive ketones (excluding diaryl/α,β-unsaturated/α-hetero) is 3. The molecule has 5 rings (SSSR count). The van der Waals surface area contributed by atoms with Crippen molar-refractivity contribution in [3.05, 3.63) is 74.7 Å². The number of aliphatic hydroxyl groups excluding tert-OH is 2. The highest BCUT2D eigenvalue weighted by molar-refractivity contribution is 6.25. The largest absolute Gasteiger partial charge is 0.511 e. The predicted octanol–water partition coefficient (Wildman–Crippen LogP) is 6.75. The lowest BCUT2D eigenvalue weighted by atomic mass is 9.44. The SMILES string of the molecule is CC(=O)C1=C(O)C(C(C)C)[C@@]2(C)C[C@@]3(C)Cc4c(C(C)C)cc(-c5cc(C)cc(C)c5)c(O)c4C(=O)C3=C(O)[C@@]2(O)C1=O. The molecule has 2 aromatic carbocycles. The van der Waals surface area contributed by atoms with Gasteiger partial charge in [0.15, 0.2) is 17.2 Å². The van der Waals surface area contributed by atoms with Crippen molar-refractivity contribution in [3.8, 4) is 16.9 Å². The summed E-state index contributed by atoms with van der Waals surface area (Å²) in [6.07, 6.45) is 0.332. The molecule has 0 fully saturated rings. The Bertz CT molecular complexity index is 1670. The van der Waals surface area contributed by atoms with E-state index in [0.29, 0.717) is 11.1 Å². The quantitative estimate of drug-likeness (QED) is 0.291. The van der Waals surface area contributed by atoms with Crippen molar-refractivity contribution < 1.29 is 34.8 Å². The molecule has 7 nitrogen and oxygen atoms in total. The fourth-order valence-electron chi connectivity index (χ4n) is 8.69. The Balaban J connectivity index is 1.84. The zero-order valence-electron chi connectivity index (χ0n) is 26.5. The normalized spacial score (nSPS) is 28.8. The maximum Gasteiger partial charge on any atom is 0.209 e. The van der Waals surface area contributed by atoms with Crippen LogP contribution >= 0.6 is 0 Å². The first kappa shape index (κ1) is 30.7. The van der Waals surface area contributed by atoms with E-state index in [1.54, 1.807) is 6.92 Å². The lowest BCUT2D eigenvalue weighted by molar-refractivity contribution is -0.171. The maximum absolute atomic E-state index is 14.6. The van der Waals surface area contributed by atoms with Crippen LogP contribution in [0.25, 0.3) is 11.1 Å². The van der Waals surface area contributed by atoms with Gasteiger partial charge in [-0.2, -0.15) is 0 Å². The number of fused-ring (bicyclic) bond motifs is 3. The minimum absolute atomic E-state index is 0.00424. The molecular weight excluding hydrogens is 544 g/mol. The predicted molar refractivity (Wildman–Crippen MR) is 164 cm³/mol. The highest BCUT2D eigenvalue weighted by Crippen LogP contribution is 2.65. The van der Waals surface area contributed by atoms with Gasteiger partial charge in [-0.15, -0.1) is 0 Å². The van der Waals surface area contributed by atoms with Gasteiger partial charge in [0.05, 0.1) is 5.56 Å². The van der Waals surface area contributed by atoms with Crippen LogP contribution in [0.4, 0.5) is 0 Å². The average Bonchev–Trinajstić information content (AvgIpc) is 2.85. The summed E-state index contributed by atoms with van der Waals surface area (Å²) in [6, 6.07) is 7.84. The van der Waals surface area contributed by atoms with Crippen LogP contribution in [0.5, 0.6) is 5.75 Å². The summed E-state index contributed by atoms with van der Waals surface area (Å²) in [5, 5.41) is 47.3. The van der Waals surface area contributed by atoms with Gasteiger partial charge in [-0.05, 0) is 68.2 Å². The Morgan fingerprint density at radius 2 is 1.53 bits per heavy atom. The van der Waals surface area contributed by atoms with Gasteiger partial charge in [-0.3, -0.25) is 14.4 Å². The Labute approximate surface area is 253 Å². The number of carbonyl (C=O) groups is 3. The summed E-state index contributed by atoms with van der Waals surface area (Å²) in [7, 11) is 0. The van der Waals surface area contributed by atoms with E-state index in [9.17, 15) is 34.8 Å². The number of ketones is 3. The Kier molecular flexibility index (Phi) is 6.90. The first-order valence-electron chi connectivity index (χ1n) is 15.0. The van der Waals surface area contributed by atoms with Crippen molar-refractivity contribution >= 4 is 17.3 Å². The van der Waals surface area contributed by atoms with E-state index in [1.807, 2.05) is 72.7 Å². The average molecular weight is 587 g/mol. The zero-order valence-corrected chi connectivity index (χ0v) is 26.5. The first-order valence-corrected chi connectivity index (χ1v) is 15.0. The molecule has 7 heteroatoms. The van der Waals surface area contributed by atoms with Crippen LogP contribution < -0.4 is 0 Å². The summed E-state index contributed by atoms with van der Waals surface area (Å²) in [6.45, 7) is 16.2. The lowest BCUT2D eigenvalue weighted by Crippen LogP contribution is -2.67. The molecule has 0 heterocycles. The van der Waals surface area contributed by atoms with Gasteiger partial charge in [-0.1, -0.05) is 70.9 Å². The molecule has 0 saturated heterocycles. The summed E-state index contributed by atoms with van der Waals surface area (Å²) in [5.74, 6) is -5.07. The summed E-state index contributed by atoms with van der Waals surface area (Å²) >= 11 is 0. The Morgan fingerprint density at radius 3 is 2.05 bits per heavy atom. The van der Waals surface area contributed by atoms with Crippen molar-refractivity contribution in [2.45, 2.75) is 86.7 Å². The number of phenols is 1. The molecule has 4 atom stereocenters. The third kappa shape index (κ3) is 4.00. The third-order valence-corrected chi connectivity index (χ3v) is 10.2. The summed E-state index contributed by atoms with van der Waals surface area (Å²) in [4.78, 5) is 41.1. The van der Waals surface area contributed by atoms with Gasteiger partial charge < -0.3 is 20.4 Å². The van der Waals surface area contributed by atoms with Gasteiger partial charge in [-0.25, -0.2) is 0 Å². The van der Waals surface area contributed by atoms with Crippen LogP contribution in [0.1, 0.15) is 93.4 Å². The molecule has 0 aromatic heterocycles. The van der Waals surface area contributed by atoms with Crippen LogP contribution in [0, 0.1) is 36.5 Å². The van der Waals surface area contributed by atoms with Gasteiger partial charge >= 0.3 is 0 Å². The van der Waals surface area contributed by atoms with E-state index in [0.717, 1.165) is 29.2 Å². The van der Waals surface area contributed by atoms with Crippen molar-refractivity contribution in [1.29, 1.82) is 0 Å². The van der Waals surface area contributed by atoms with Crippen LogP contribution in [0.2, 0.25) is 0 Å². The number of phenolic OH excluding ortho intramolecular Hbond substituents is 1. The van der Waals surface area contributed by atoms with Crippen LogP contribution in [0.3, 0.4) is 0 Å². The highest BCUT2D eigenvalue weighted by atomic mass is 16.3. The molecular formula is C36H42O7. The summed E-state index contributed by atoms with van der Waals surface area (Å²) < 4.78 is 0. The van der Waals surface area contributed by atoms with Crippen molar-refractivity contribution in [2.24, 2.45) is 22.7 Å². The first-order chi connectivity index (χ1) is 19.8. The van der Waals surface area contributed by atoms with E-state index >= 15 is 0 Å². The Morgan fingerprint density at radius 1 is 0.953 bits per heavy atom. The molecule has 0 aliphatic heterocycles. The van der Waals surface area contributed by atoms with E-state index in [2.05, 4.69) is 0 Å². The number of hydrogen-bond donors (Lipinski definition) is 4. The third-order valence-electron chi connectivity index (χ3n) is 10.2. The number of rotatable bonds is 4. The molecule has 0 radical (unpaired) electrons. The minimum Gasteiger partial charge on any atom is -0.511 e. The van der Waals surface area contributed by atoms with Crippen LogP contribution in [0.15, 0.2) is 46.9 Å². The van der Waals surface area contributed by atoms with Gasteiger partial charge in [0, 0.05) is 27.9 Å². The molecule has 0 saturated carbocycles. The molecule has 1 unspecified atom stereocenters. The number of hydrogen-bond acceptors (Lipinski definition) is 7. The lowest BCUT2D eigenvalue weighted by Gasteiger charge is -2.59. The van der Waals surface area contributed by atoms with Crippen molar-refractivity contribution in [2.75, 3.05) is 0 Å². The fourth-order valence-corrected chi connectivity index (χ4v) is 8.69. The fraction of sp³-hybridized carbons (Fsp3) is 0.472. The smallest absolute Gasteiger partial charge is 0.209 e. The molecule has 4 N–H and O–H groups in total. The molecule has 0 bridgehead atoms. The molecule has 3 aliphatic carbocycles. The van der Waals surface area contributed by atoms with E-state index < -0.39 is 51.0 Å². The number of aromatic hydroxyl groups is 1. The molecule has 0 amide bonds. The standard InChI is InChI=1S/C36H42O7/c1-16(2)22-13-23(21-11-18(5)10-19(6)12-21)29(38)26-24(22)14-34(8)15-35(9)27(17(3)4)30(39)25(20(7)37)32(41)36(35,43)33(42)28(34)31(26)40/h10-13,16-17,27,38-39,42-43H,14-15H2,1-9H3/t27?,34-,35-,36+/m1/s1. The van der Waals surface area contributed by atoms with Crippen LogP contribution in [-0.2, 0) is 16.0 Å². The maximum atomic E-state index is 14.6. The summed E-state index contributed by atoms with van der Waals surface area (Å²) in [5.41, 5.74) is -0.946. The number of allylic oxidation sites excluding steroid dienone is 2. The molecule has 228 valence electrons. The highest BCUT2D eigenvalue weighted by Gasteiger charge is 2.71. The zero-order chi connectivity index (χ0) is 32.1. The van der Waals surface area contributed by atoms with Crippen LogP contribution in [-0.4, -0.2) is 43.4 Å². The van der Waals surface area contributed by atoms with E-state index in [4.69, 9.17) is 0 Å². The topological polar surface area (TPSA) is 132 Å². The van der Waals surface area contributed by atoms with Gasteiger partial charge in [0.1, 0.15) is 22.8 Å². The molecule has 3 aliphatic rings. The van der Waals surface area contributed by atoms with Gasteiger partial charge in [0.2, 0.25) is 5.78 Å². The molecule has 0 spiro atoms. The second-order valence-corrected chi connectivity index (χ2v) is 14.2. The number of benzene rings is 2. The minimum atomic E-state index is -2.63. The second-order valence-electron chi connectivity index (χ2n) is 14.2. The van der Waals surface area contributed by atoms with E-state index in [1.165, 1.54) is 0 Å². The number of carbonyl (C=O) groups excluding carboxylic acids is 3. The second kappa shape index (κ2) is 9.65. The number of aliphatic hydroxyl groups is 3. The van der Waals surface area contributed by atoms with Crippen molar-refractivity contribution in [1.82, 2.24) is 0 Å². The monoisotopic (exact) mass is 586 g/mol. The molecule has 43 heavy (non-hydrogen) atoms. The van der Waals surface area contributed by atoms with Gasteiger partial charge in [0.25, 0.3) is 0 Å². The number of aryl methyl sites for hydroxylation is 2. The van der Waals surface area contributed by atoms with E-state index in [-0.39, 0.29) is 47.3 Å². The molecule has 2 aromatic rings. The Hall–Kier alpha value is -3.71.